The largest absolute Gasteiger partial charge is 0.325 e. The molecule has 2 heterocycles. The Labute approximate surface area is 195 Å². The molecular weight excluding hydrogens is 432 g/mol. The Morgan fingerprint density at radius 2 is 1.82 bits per heavy atom. The summed E-state index contributed by atoms with van der Waals surface area (Å²) in [4.78, 5) is 18.5. The van der Waals surface area contributed by atoms with Crippen molar-refractivity contribution in [2.24, 2.45) is 7.05 Å². The summed E-state index contributed by atoms with van der Waals surface area (Å²) in [7, 11) is 1.78. The molecule has 1 unspecified atom stereocenters. The SMILES string of the molecule is Cn1nnnc1-c1cccc(NC(=O)C(C)(Cc2nc3ccccc3s2)c2ccccc2)c1. The van der Waals surface area contributed by atoms with Crippen LogP contribution in [0.25, 0.3) is 21.6 Å². The Morgan fingerprint density at radius 1 is 1.03 bits per heavy atom. The number of nitrogens with zero attached hydrogens (tertiary/aromatic N) is 5. The first-order chi connectivity index (χ1) is 16.0. The second-order valence-corrected chi connectivity index (χ2v) is 9.23. The van der Waals surface area contributed by atoms with E-state index in [4.69, 9.17) is 4.98 Å². The molecule has 1 amide bonds. The molecule has 0 aliphatic rings. The van der Waals surface area contributed by atoms with Gasteiger partial charge in [0.2, 0.25) is 5.91 Å². The highest BCUT2D eigenvalue weighted by molar-refractivity contribution is 7.18. The Kier molecular flexibility index (Phi) is 5.43. The summed E-state index contributed by atoms with van der Waals surface area (Å²) in [5.41, 5.74) is 2.60. The van der Waals surface area contributed by atoms with Crippen LogP contribution in [0.3, 0.4) is 0 Å². The molecule has 5 rings (SSSR count). The summed E-state index contributed by atoms with van der Waals surface area (Å²) in [6.45, 7) is 1.97. The molecule has 3 aromatic carbocycles. The number of hydrogen-bond acceptors (Lipinski definition) is 6. The first-order valence-electron chi connectivity index (χ1n) is 10.6. The minimum Gasteiger partial charge on any atom is -0.325 e. The second kappa shape index (κ2) is 8.55. The summed E-state index contributed by atoms with van der Waals surface area (Å²) in [6, 6.07) is 25.5. The molecular formula is C25H22N6OS. The molecule has 1 atom stereocenters. The van der Waals surface area contributed by atoms with Crippen molar-refractivity contribution >= 4 is 33.1 Å². The van der Waals surface area contributed by atoms with Gasteiger partial charge in [0, 0.05) is 24.7 Å². The van der Waals surface area contributed by atoms with E-state index in [0.717, 1.165) is 26.4 Å². The van der Waals surface area contributed by atoms with E-state index in [0.29, 0.717) is 17.9 Å². The number of benzene rings is 3. The van der Waals surface area contributed by atoms with Crippen molar-refractivity contribution in [1.82, 2.24) is 25.2 Å². The van der Waals surface area contributed by atoms with Crippen molar-refractivity contribution in [3.63, 3.8) is 0 Å². The van der Waals surface area contributed by atoms with Gasteiger partial charge in [0.1, 0.15) is 0 Å². The van der Waals surface area contributed by atoms with Crippen molar-refractivity contribution in [2.75, 3.05) is 5.32 Å². The van der Waals surface area contributed by atoms with Crippen molar-refractivity contribution in [1.29, 1.82) is 0 Å². The molecule has 0 bridgehead atoms. The van der Waals surface area contributed by atoms with Crippen LogP contribution >= 0.6 is 11.3 Å². The van der Waals surface area contributed by atoms with Crippen LogP contribution in [0, 0.1) is 0 Å². The molecule has 5 aromatic rings. The summed E-state index contributed by atoms with van der Waals surface area (Å²) in [5, 5.41) is 15.7. The van der Waals surface area contributed by atoms with Crippen molar-refractivity contribution in [2.45, 2.75) is 18.8 Å². The lowest BCUT2D eigenvalue weighted by molar-refractivity contribution is -0.121. The first-order valence-corrected chi connectivity index (χ1v) is 11.4. The third kappa shape index (κ3) is 4.12. The van der Waals surface area contributed by atoms with E-state index in [-0.39, 0.29) is 5.91 Å². The Hall–Kier alpha value is -3.91. The smallest absolute Gasteiger partial charge is 0.235 e. The lowest BCUT2D eigenvalue weighted by atomic mass is 9.78. The van der Waals surface area contributed by atoms with Gasteiger partial charge in [-0.15, -0.1) is 16.4 Å². The molecule has 0 saturated heterocycles. The number of carbonyl (C=O) groups is 1. The quantitative estimate of drug-likeness (QED) is 0.404. The van der Waals surface area contributed by atoms with E-state index in [1.807, 2.05) is 79.7 Å². The summed E-state index contributed by atoms with van der Waals surface area (Å²) in [5.74, 6) is 0.535. The third-order valence-corrected chi connectivity index (χ3v) is 6.79. The number of anilines is 1. The van der Waals surface area contributed by atoms with Crippen LogP contribution in [0.4, 0.5) is 5.69 Å². The minimum atomic E-state index is -0.808. The van der Waals surface area contributed by atoms with Gasteiger partial charge in [-0.3, -0.25) is 4.79 Å². The molecule has 33 heavy (non-hydrogen) atoms. The fourth-order valence-electron chi connectivity index (χ4n) is 3.90. The predicted molar refractivity (Wildman–Crippen MR) is 130 cm³/mol. The highest BCUT2D eigenvalue weighted by Gasteiger charge is 2.36. The highest BCUT2D eigenvalue weighted by atomic mass is 32.1. The van der Waals surface area contributed by atoms with Gasteiger partial charge in [0.15, 0.2) is 5.82 Å². The maximum atomic E-state index is 13.7. The molecule has 0 fully saturated rings. The van der Waals surface area contributed by atoms with Crippen LogP contribution in [0.1, 0.15) is 17.5 Å². The van der Waals surface area contributed by atoms with Crippen LogP contribution in [0.2, 0.25) is 0 Å². The number of tetrazole rings is 1. The van der Waals surface area contributed by atoms with E-state index in [2.05, 4.69) is 26.9 Å². The van der Waals surface area contributed by atoms with Gasteiger partial charge in [0.05, 0.1) is 20.6 Å². The molecule has 0 aliphatic heterocycles. The van der Waals surface area contributed by atoms with Crippen LogP contribution in [-0.2, 0) is 23.7 Å². The van der Waals surface area contributed by atoms with Crippen LogP contribution in [0.5, 0.6) is 0 Å². The number of carbonyl (C=O) groups excluding carboxylic acids is 1. The molecule has 8 heteroatoms. The van der Waals surface area contributed by atoms with E-state index in [1.54, 1.807) is 23.1 Å². The lowest BCUT2D eigenvalue weighted by Gasteiger charge is -2.28. The van der Waals surface area contributed by atoms with Crippen LogP contribution in [0.15, 0.2) is 78.9 Å². The number of amides is 1. The summed E-state index contributed by atoms with van der Waals surface area (Å²) < 4.78 is 2.72. The van der Waals surface area contributed by atoms with Crippen molar-refractivity contribution < 1.29 is 4.79 Å². The molecule has 7 nitrogen and oxygen atoms in total. The molecule has 164 valence electrons. The molecule has 0 spiro atoms. The molecule has 0 radical (unpaired) electrons. The second-order valence-electron chi connectivity index (χ2n) is 8.11. The number of hydrogen-bond donors (Lipinski definition) is 1. The maximum absolute atomic E-state index is 13.7. The summed E-state index contributed by atoms with van der Waals surface area (Å²) >= 11 is 1.63. The fraction of sp³-hybridized carbons (Fsp3) is 0.160. The molecule has 0 aliphatic carbocycles. The van der Waals surface area contributed by atoms with Crippen LogP contribution < -0.4 is 5.32 Å². The first kappa shape index (κ1) is 21.0. The maximum Gasteiger partial charge on any atom is 0.235 e. The zero-order valence-corrected chi connectivity index (χ0v) is 19.1. The number of nitrogens with one attached hydrogen (secondary N) is 1. The average molecular weight is 455 g/mol. The highest BCUT2D eigenvalue weighted by Crippen LogP contribution is 2.33. The van der Waals surface area contributed by atoms with Gasteiger partial charge in [-0.2, -0.15) is 0 Å². The van der Waals surface area contributed by atoms with Crippen LogP contribution in [-0.4, -0.2) is 31.1 Å². The Bertz CT molecular complexity index is 1390. The normalized spacial score (nSPS) is 13.0. The monoisotopic (exact) mass is 454 g/mol. The number of fused-ring (bicyclic) bond motifs is 1. The van der Waals surface area contributed by atoms with Gasteiger partial charge in [-0.05, 0) is 47.2 Å². The summed E-state index contributed by atoms with van der Waals surface area (Å²) in [6.07, 6.45) is 0.495. The number of aromatic nitrogens is 5. The zero-order chi connectivity index (χ0) is 22.8. The number of thiazole rings is 1. The van der Waals surface area contributed by atoms with Gasteiger partial charge in [-0.25, -0.2) is 9.67 Å². The minimum absolute atomic E-state index is 0.0961. The molecule has 2 aromatic heterocycles. The topological polar surface area (TPSA) is 85.6 Å². The van der Waals surface area contributed by atoms with E-state index in [9.17, 15) is 4.79 Å². The van der Waals surface area contributed by atoms with Crippen molar-refractivity contribution in [3.05, 3.63) is 89.4 Å². The standard InChI is InChI=1S/C25H22N6OS/c1-25(18-10-4-3-5-11-18,16-22-27-20-13-6-7-14-21(20)33-22)24(32)26-19-12-8-9-17(15-19)23-28-29-30-31(23)2/h3-15H,16H2,1-2H3,(H,26,32). The van der Waals surface area contributed by atoms with Gasteiger partial charge >= 0.3 is 0 Å². The van der Waals surface area contributed by atoms with E-state index >= 15 is 0 Å². The Balaban J connectivity index is 1.48. The third-order valence-electron chi connectivity index (χ3n) is 5.75. The average Bonchev–Trinajstić information content (AvgIpc) is 3.45. The molecule has 1 N–H and O–H groups in total. The van der Waals surface area contributed by atoms with E-state index in [1.165, 1.54) is 0 Å². The lowest BCUT2D eigenvalue weighted by Crippen LogP contribution is -2.39. The van der Waals surface area contributed by atoms with Gasteiger partial charge < -0.3 is 5.32 Å². The zero-order valence-electron chi connectivity index (χ0n) is 18.3. The number of para-hydroxylation sites is 1. The fourth-order valence-corrected chi connectivity index (χ4v) is 5.02. The number of aryl methyl sites for hydroxylation is 1. The Morgan fingerprint density at radius 3 is 2.58 bits per heavy atom. The molecule has 0 saturated carbocycles. The van der Waals surface area contributed by atoms with Gasteiger partial charge in [0.25, 0.3) is 0 Å². The van der Waals surface area contributed by atoms with E-state index < -0.39 is 5.41 Å². The predicted octanol–water partition coefficient (Wildman–Crippen LogP) is 4.63. The number of rotatable bonds is 6. The van der Waals surface area contributed by atoms with Crippen molar-refractivity contribution in [3.8, 4) is 11.4 Å². The van der Waals surface area contributed by atoms with Gasteiger partial charge in [-0.1, -0.05) is 54.6 Å².